The minimum atomic E-state index is -1.81. The lowest BCUT2D eigenvalue weighted by Gasteiger charge is -2.36. The maximum Gasteiger partial charge on any atom is 0.415 e. The van der Waals surface area contributed by atoms with Crippen LogP contribution in [0.5, 0.6) is 0 Å². The number of hydrogen-bond acceptors (Lipinski definition) is 4. The lowest BCUT2D eigenvalue weighted by Crippen LogP contribution is -2.40. The Morgan fingerprint density at radius 1 is 1.21 bits per heavy atom. The molecule has 24 heavy (non-hydrogen) atoms. The van der Waals surface area contributed by atoms with Crippen molar-refractivity contribution in [1.82, 2.24) is 4.98 Å². The fourth-order valence-corrected chi connectivity index (χ4v) is 2.60. The molecule has 1 aromatic rings. The number of carbonyl (C=O) groups excluding carboxylic acids is 1. The van der Waals surface area contributed by atoms with Crippen LogP contribution in [0.2, 0.25) is 18.1 Å². The molecule has 0 N–H and O–H groups in total. The first-order chi connectivity index (χ1) is 10.7. The first kappa shape index (κ1) is 20.6. The number of hydrogen-bond donors (Lipinski definition) is 0. The Bertz CT molecular complexity index is 574. The van der Waals surface area contributed by atoms with Crippen LogP contribution < -0.4 is 4.90 Å². The number of nitrogens with zero attached hydrogens (tertiary/aromatic N) is 2. The summed E-state index contributed by atoms with van der Waals surface area (Å²) in [5, 5.41) is 0.163. The van der Waals surface area contributed by atoms with Crippen LogP contribution in [0.3, 0.4) is 0 Å². The Kier molecular flexibility index (Phi) is 6.22. The van der Waals surface area contributed by atoms with E-state index in [1.54, 1.807) is 13.2 Å². The SMILES string of the molecule is CN(C(=O)OC(C)(C)C)c1cc(CO[Si](C)(C)C(C)(C)C)ccn1. The van der Waals surface area contributed by atoms with Gasteiger partial charge in [-0.1, -0.05) is 20.8 Å². The van der Waals surface area contributed by atoms with Crippen molar-refractivity contribution < 1.29 is 14.0 Å². The number of amides is 1. The normalized spacial score (nSPS) is 12.9. The Labute approximate surface area is 147 Å². The molecule has 136 valence electrons. The Morgan fingerprint density at radius 2 is 1.79 bits per heavy atom. The summed E-state index contributed by atoms with van der Waals surface area (Å²) in [5.74, 6) is 0.556. The second kappa shape index (κ2) is 7.23. The lowest BCUT2D eigenvalue weighted by molar-refractivity contribution is 0.0588. The average molecular weight is 353 g/mol. The Balaban J connectivity index is 2.82. The van der Waals surface area contributed by atoms with Gasteiger partial charge in [0.15, 0.2) is 8.32 Å². The van der Waals surface area contributed by atoms with Gasteiger partial charge < -0.3 is 9.16 Å². The zero-order valence-electron chi connectivity index (χ0n) is 16.6. The molecule has 0 saturated carbocycles. The van der Waals surface area contributed by atoms with E-state index < -0.39 is 20.0 Å². The molecule has 0 bridgehead atoms. The van der Waals surface area contributed by atoms with Crippen LogP contribution in [0.15, 0.2) is 18.3 Å². The van der Waals surface area contributed by atoms with Crippen LogP contribution in [0.1, 0.15) is 47.1 Å². The largest absolute Gasteiger partial charge is 0.443 e. The maximum atomic E-state index is 12.2. The minimum Gasteiger partial charge on any atom is -0.443 e. The van der Waals surface area contributed by atoms with Gasteiger partial charge in [-0.25, -0.2) is 9.78 Å². The first-order valence-corrected chi connectivity index (χ1v) is 11.2. The summed E-state index contributed by atoms with van der Waals surface area (Å²) in [4.78, 5) is 17.8. The van der Waals surface area contributed by atoms with Gasteiger partial charge >= 0.3 is 6.09 Å². The summed E-state index contributed by atoms with van der Waals surface area (Å²) in [5.41, 5.74) is 0.467. The van der Waals surface area contributed by atoms with Gasteiger partial charge in [0.25, 0.3) is 0 Å². The molecule has 0 aromatic carbocycles. The molecule has 1 heterocycles. The standard InChI is InChI=1S/C18H32N2O3Si/c1-17(2,3)23-16(21)20(7)15-12-14(10-11-19-15)13-22-24(8,9)18(4,5)6/h10-12H,13H2,1-9H3. The van der Waals surface area contributed by atoms with Crippen LogP contribution in [0.25, 0.3) is 0 Å². The van der Waals surface area contributed by atoms with E-state index in [2.05, 4.69) is 38.8 Å². The highest BCUT2D eigenvalue weighted by Gasteiger charge is 2.37. The molecule has 0 aliphatic carbocycles. The maximum absolute atomic E-state index is 12.2. The fraction of sp³-hybridized carbons (Fsp3) is 0.667. The van der Waals surface area contributed by atoms with Crippen molar-refractivity contribution in [1.29, 1.82) is 0 Å². The molecule has 1 rings (SSSR count). The average Bonchev–Trinajstić information content (AvgIpc) is 2.41. The summed E-state index contributed by atoms with van der Waals surface area (Å²) in [6.45, 7) is 17.1. The van der Waals surface area contributed by atoms with E-state index in [0.29, 0.717) is 12.4 Å². The third kappa shape index (κ3) is 5.91. The van der Waals surface area contributed by atoms with Crippen molar-refractivity contribution in [2.45, 2.75) is 71.9 Å². The van der Waals surface area contributed by atoms with E-state index in [1.165, 1.54) is 4.90 Å². The molecule has 0 aliphatic rings. The highest BCUT2D eigenvalue weighted by atomic mass is 28.4. The van der Waals surface area contributed by atoms with Gasteiger partial charge in [-0.3, -0.25) is 4.90 Å². The monoisotopic (exact) mass is 352 g/mol. The second-order valence-electron chi connectivity index (χ2n) is 8.61. The fourth-order valence-electron chi connectivity index (χ4n) is 1.64. The quantitative estimate of drug-likeness (QED) is 0.718. The van der Waals surface area contributed by atoms with Crippen LogP contribution in [-0.4, -0.2) is 32.0 Å². The molecule has 0 radical (unpaired) electrons. The van der Waals surface area contributed by atoms with Crippen LogP contribution in [-0.2, 0) is 15.8 Å². The number of aromatic nitrogens is 1. The third-order valence-electron chi connectivity index (χ3n) is 4.23. The van der Waals surface area contributed by atoms with Gasteiger partial charge in [-0.05, 0) is 56.6 Å². The zero-order valence-corrected chi connectivity index (χ0v) is 17.6. The summed E-state index contributed by atoms with van der Waals surface area (Å²) >= 11 is 0. The van der Waals surface area contributed by atoms with Gasteiger partial charge in [0.05, 0.1) is 6.61 Å². The molecule has 0 fully saturated rings. The molecule has 0 atom stereocenters. The van der Waals surface area contributed by atoms with Crippen LogP contribution in [0.4, 0.5) is 10.6 Å². The molecule has 0 unspecified atom stereocenters. The molecule has 0 saturated heterocycles. The van der Waals surface area contributed by atoms with Gasteiger partial charge in [0, 0.05) is 13.2 Å². The van der Waals surface area contributed by atoms with E-state index in [1.807, 2.05) is 32.9 Å². The van der Waals surface area contributed by atoms with Crippen molar-refractivity contribution in [2.24, 2.45) is 0 Å². The molecule has 0 aliphatic heterocycles. The van der Waals surface area contributed by atoms with Crippen molar-refractivity contribution in [2.75, 3.05) is 11.9 Å². The van der Waals surface area contributed by atoms with Crippen molar-refractivity contribution in [3.8, 4) is 0 Å². The second-order valence-corrected chi connectivity index (χ2v) is 13.4. The molecular formula is C18H32N2O3Si. The number of pyridine rings is 1. The van der Waals surface area contributed by atoms with Gasteiger partial charge in [0.2, 0.25) is 0 Å². The topological polar surface area (TPSA) is 51.7 Å². The number of ether oxygens (including phenoxy) is 1. The van der Waals surface area contributed by atoms with Gasteiger partial charge in [-0.2, -0.15) is 0 Å². The predicted octanol–water partition coefficient (Wildman–Crippen LogP) is 4.97. The third-order valence-corrected chi connectivity index (χ3v) is 8.71. The Morgan fingerprint density at radius 3 is 2.29 bits per heavy atom. The molecule has 5 nitrogen and oxygen atoms in total. The van der Waals surface area contributed by atoms with E-state index in [4.69, 9.17) is 9.16 Å². The van der Waals surface area contributed by atoms with Gasteiger partial charge in [-0.15, -0.1) is 0 Å². The summed E-state index contributed by atoms with van der Waals surface area (Å²) in [7, 11) is -0.150. The van der Waals surface area contributed by atoms with Crippen molar-refractivity contribution in [3.63, 3.8) is 0 Å². The number of rotatable bonds is 4. The summed E-state index contributed by atoms with van der Waals surface area (Å²) in [6.07, 6.45) is 1.28. The van der Waals surface area contributed by atoms with Crippen molar-refractivity contribution in [3.05, 3.63) is 23.9 Å². The lowest BCUT2D eigenvalue weighted by atomic mass is 10.2. The smallest absolute Gasteiger partial charge is 0.415 e. The van der Waals surface area contributed by atoms with E-state index >= 15 is 0 Å². The molecule has 1 aromatic heterocycles. The van der Waals surface area contributed by atoms with Crippen LogP contribution in [0, 0.1) is 0 Å². The molecule has 1 amide bonds. The van der Waals surface area contributed by atoms with Crippen LogP contribution >= 0.6 is 0 Å². The Hall–Kier alpha value is -1.40. The number of carbonyl (C=O) groups is 1. The summed E-state index contributed by atoms with van der Waals surface area (Å²) in [6, 6.07) is 3.79. The first-order valence-electron chi connectivity index (χ1n) is 8.28. The van der Waals surface area contributed by atoms with E-state index in [9.17, 15) is 4.79 Å². The zero-order chi connectivity index (χ0) is 18.8. The molecule has 6 heteroatoms. The summed E-state index contributed by atoms with van der Waals surface area (Å²) < 4.78 is 11.6. The minimum absolute atomic E-state index is 0.163. The predicted molar refractivity (Wildman–Crippen MR) is 101 cm³/mol. The van der Waals surface area contributed by atoms with Crippen molar-refractivity contribution >= 4 is 20.2 Å². The molecule has 0 spiro atoms. The number of anilines is 1. The van der Waals surface area contributed by atoms with E-state index in [0.717, 1.165) is 5.56 Å². The highest BCUT2D eigenvalue weighted by molar-refractivity contribution is 6.74. The highest BCUT2D eigenvalue weighted by Crippen LogP contribution is 2.37. The van der Waals surface area contributed by atoms with Gasteiger partial charge in [0.1, 0.15) is 11.4 Å². The van der Waals surface area contributed by atoms with E-state index in [-0.39, 0.29) is 5.04 Å². The molecular weight excluding hydrogens is 320 g/mol.